The number of aromatic nitrogens is 2. The van der Waals surface area contributed by atoms with E-state index in [-0.39, 0.29) is 17.9 Å². The molecular weight excluding hydrogens is 426 g/mol. The molecule has 8 heteroatoms. The fourth-order valence-corrected chi connectivity index (χ4v) is 4.54. The van der Waals surface area contributed by atoms with Gasteiger partial charge in [0.2, 0.25) is 5.91 Å². The highest BCUT2D eigenvalue weighted by molar-refractivity contribution is 6.30. The average Bonchev–Trinajstić information content (AvgIpc) is 3.18. The molecule has 1 N–H and O–H groups in total. The number of carbonyl (C=O) groups is 1. The van der Waals surface area contributed by atoms with Gasteiger partial charge in [-0.25, -0.2) is 9.97 Å². The van der Waals surface area contributed by atoms with Gasteiger partial charge in [0, 0.05) is 49.4 Å². The molecule has 172 valence electrons. The molecule has 1 aromatic heterocycles. The summed E-state index contributed by atoms with van der Waals surface area (Å²) in [5.74, 6) is 1.05. The van der Waals surface area contributed by atoms with Crippen molar-refractivity contribution >= 4 is 23.3 Å². The zero-order valence-electron chi connectivity index (χ0n) is 19.1. The van der Waals surface area contributed by atoms with Crippen molar-refractivity contribution in [2.45, 2.75) is 45.9 Å². The first-order valence-corrected chi connectivity index (χ1v) is 11.8. The Labute approximate surface area is 195 Å². The minimum atomic E-state index is -0.109. The van der Waals surface area contributed by atoms with E-state index >= 15 is 0 Å². The fraction of sp³-hybridized carbons (Fsp3) is 0.542. The number of nitrogens with one attached hydrogen (secondary N) is 1. The highest BCUT2D eigenvalue weighted by Gasteiger charge is 2.32. The van der Waals surface area contributed by atoms with Crippen LogP contribution in [0.4, 0.5) is 5.82 Å². The van der Waals surface area contributed by atoms with Gasteiger partial charge < -0.3 is 19.9 Å². The second-order valence-corrected chi connectivity index (χ2v) is 9.35. The zero-order chi connectivity index (χ0) is 22.7. The van der Waals surface area contributed by atoms with Crippen LogP contribution in [0, 0.1) is 5.92 Å². The molecule has 0 unspecified atom stereocenters. The van der Waals surface area contributed by atoms with Crippen LogP contribution in [0.1, 0.15) is 43.7 Å². The predicted molar refractivity (Wildman–Crippen MR) is 126 cm³/mol. The molecule has 0 spiro atoms. The van der Waals surface area contributed by atoms with E-state index in [0.717, 1.165) is 35.7 Å². The Morgan fingerprint density at radius 3 is 2.59 bits per heavy atom. The Morgan fingerprint density at radius 2 is 1.91 bits per heavy atom. The minimum absolute atomic E-state index is 0.00623. The van der Waals surface area contributed by atoms with E-state index in [9.17, 15) is 4.79 Å². The first-order valence-electron chi connectivity index (χ1n) is 11.4. The maximum atomic E-state index is 13.5. The van der Waals surface area contributed by atoms with E-state index in [0.29, 0.717) is 43.7 Å². The van der Waals surface area contributed by atoms with Crippen LogP contribution in [0.5, 0.6) is 0 Å². The van der Waals surface area contributed by atoms with Gasteiger partial charge >= 0.3 is 0 Å². The lowest BCUT2D eigenvalue weighted by Gasteiger charge is -2.38. The maximum absolute atomic E-state index is 13.5. The van der Waals surface area contributed by atoms with Crippen LogP contribution in [0.15, 0.2) is 30.6 Å². The number of anilines is 1. The van der Waals surface area contributed by atoms with Crippen LogP contribution in [-0.4, -0.2) is 59.5 Å². The third-order valence-corrected chi connectivity index (χ3v) is 6.48. The maximum Gasteiger partial charge on any atom is 0.227 e. The van der Waals surface area contributed by atoms with Crippen LogP contribution in [0.2, 0.25) is 5.02 Å². The number of rotatable bonds is 7. The van der Waals surface area contributed by atoms with Gasteiger partial charge in [-0.15, -0.1) is 0 Å². The van der Waals surface area contributed by atoms with Crippen molar-refractivity contribution in [2.75, 3.05) is 37.6 Å². The molecule has 0 radical (unpaired) electrons. The average molecular weight is 458 g/mol. The zero-order valence-corrected chi connectivity index (χ0v) is 19.8. The van der Waals surface area contributed by atoms with Crippen molar-refractivity contribution in [3.05, 3.63) is 52.4 Å². The van der Waals surface area contributed by atoms with Gasteiger partial charge in [-0.05, 0) is 31.0 Å². The number of carbonyl (C=O) groups excluding carboxylic acids is 1. The molecule has 2 aliphatic rings. The molecule has 4 rings (SSSR count). The van der Waals surface area contributed by atoms with E-state index in [4.69, 9.17) is 16.3 Å². The summed E-state index contributed by atoms with van der Waals surface area (Å²) in [6, 6.07) is 8.12. The van der Waals surface area contributed by atoms with Crippen molar-refractivity contribution in [3.8, 4) is 0 Å². The number of amides is 1. The first kappa shape index (κ1) is 23.0. The third-order valence-electron chi connectivity index (χ3n) is 6.23. The van der Waals surface area contributed by atoms with Gasteiger partial charge in [0.1, 0.15) is 12.1 Å². The number of piperazine rings is 1. The molecule has 0 aliphatic carbocycles. The highest BCUT2D eigenvalue weighted by atomic mass is 35.5. The third kappa shape index (κ3) is 5.22. The highest BCUT2D eigenvalue weighted by Crippen LogP contribution is 2.35. The second kappa shape index (κ2) is 10.1. The normalized spacial score (nSPS) is 19.3. The van der Waals surface area contributed by atoms with Crippen LogP contribution < -0.4 is 10.2 Å². The van der Waals surface area contributed by atoms with E-state index in [1.807, 2.05) is 36.1 Å². The van der Waals surface area contributed by atoms with Crippen LogP contribution >= 0.6 is 11.6 Å². The van der Waals surface area contributed by atoms with Crippen molar-refractivity contribution < 1.29 is 9.53 Å². The molecule has 3 heterocycles. The second-order valence-electron chi connectivity index (χ2n) is 8.91. The van der Waals surface area contributed by atoms with Gasteiger partial charge in [0.15, 0.2) is 0 Å². The smallest absolute Gasteiger partial charge is 0.227 e. The van der Waals surface area contributed by atoms with Crippen molar-refractivity contribution in [2.24, 2.45) is 5.92 Å². The summed E-state index contributed by atoms with van der Waals surface area (Å²) < 4.78 is 5.75. The quantitative estimate of drug-likeness (QED) is 0.688. The number of hydrogen-bond donors (Lipinski definition) is 1. The van der Waals surface area contributed by atoms with Gasteiger partial charge in [-0.3, -0.25) is 4.79 Å². The van der Waals surface area contributed by atoms with E-state index < -0.39 is 0 Å². The summed E-state index contributed by atoms with van der Waals surface area (Å²) in [6.45, 7) is 10.3. The first-order chi connectivity index (χ1) is 15.4. The topological polar surface area (TPSA) is 70.6 Å². The molecule has 2 atom stereocenters. The number of halogens is 1. The Kier molecular flexibility index (Phi) is 7.28. The monoisotopic (exact) mass is 457 g/mol. The van der Waals surface area contributed by atoms with Crippen LogP contribution in [0.3, 0.4) is 0 Å². The lowest BCUT2D eigenvalue weighted by molar-refractivity contribution is -0.135. The fourth-order valence-electron chi connectivity index (χ4n) is 4.42. The van der Waals surface area contributed by atoms with E-state index in [1.54, 1.807) is 6.33 Å². The summed E-state index contributed by atoms with van der Waals surface area (Å²) >= 11 is 6.03. The molecule has 7 nitrogen and oxygen atoms in total. The Bertz CT molecular complexity index is 928. The van der Waals surface area contributed by atoms with Crippen molar-refractivity contribution in [1.82, 2.24) is 20.2 Å². The Morgan fingerprint density at radius 1 is 1.19 bits per heavy atom. The molecule has 32 heavy (non-hydrogen) atoms. The molecule has 1 amide bonds. The summed E-state index contributed by atoms with van der Waals surface area (Å²) in [4.78, 5) is 26.6. The van der Waals surface area contributed by atoms with Gasteiger partial charge in [0.25, 0.3) is 0 Å². The largest absolute Gasteiger partial charge is 0.367 e. The molecule has 1 saturated heterocycles. The number of benzene rings is 1. The molecule has 1 aromatic carbocycles. The van der Waals surface area contributed by atoms with Crippen molar-refractivity contribution in [1.29, 1.82) is 0 Å². The number of hydrogen-bond acceptors (Lipinski definition) is 6. The summed E-state index contributed by atoms with van der Waals surface area (Å²) in [7, 11) is 0. The number of ether oxygens (including phenoxy) is 1. The van der Waals surface area contributed by atoms with Crippen LogP contribution in [-0.2, 0) is 22.6 Å². The molecule has 2 aromatic rings. The van der Waals surface area contributed by atoms with Crippen molar-refractivity contribution in [3.63, 3.8) is 0 Å². The minimum Gasteiger partial charge on any atom is -0.367 e. The molecule has 2 aliphatic heterocycles. The molecule has 0 bridgehead atoms. The summed E-state index contributed by atoms with van der Waals surface area (Å²) in [5.41, 5.74) is 3.19. The summed E-state index contributed by atoms with van der Waals surface area (Å²) in [6.07, 6.45) is 2.32. The van der Waals surface area contributed by atoms with Gasteiger partial charge in [-0.2, -0.15) is 0 Å². The lowest BCUT2D eigenvalue weighted by Crippen LogP contribution is -2.52. The Balaban J connectivity index is 1.42. The molecule has 1 fully saturated rings. The molecular formula is C24H32ClN5O2. The van der Waals surface area contributed by atoms with E-state index in [1.165, 1.54) is 0 Å². The molecule has 0 saturated carbocycles. The van der Waals surface area contributed by atoms with Gasteiger partial charge in [-0.1, -0.05) is 37.6 Å². The van der Waals surface area contributed by atoms with E-state index in [2.05, 4.69) is 34.0 Å². The number of nitrogens with zero attached hydrogens (tertiary/aromatic N) is 4. The lowest BCUT2D eigenvalue weighted by atomic mass is 9.97. The number of fused-ring (bicyclic) bond motifs is 1. The van der Waals surface area contributed by atoms with Crippen LogP contribution in [0.25, 0.3) is 0 Å². The SMILES string of the molecule is CC(C)NC[C@@H](Cc1ccc(Cl)cc1)C(=O)N1CCN(c2ncnc3c2[C@H](C)OC3)CC1. The summed E-state index contributed by atoms with van der Waals surface area (Å²) in [5, 5.41) is 4.16. The van der Waals surface area contributed by atoms with Gasteiger partial charge in [0.05, 0.1) is 24.3 Å². The Hall–Kier alpha value is -2.22. The standard InChI is InChI=1S/C24H32ClN5O2/c1-16(2)26-13-19(12-18-4-6-20(25)7-5-18)24(31)30-10-8-29(9-11-30)23-22-17(3)32-14-21(22)27-15-28-23/h4-7,15-17,19,26H,8-14H2,1-3H3/t17-,19+/m0/s1. The predicted octanol–water partition coefficient (Wildman–Crippen LogP) is 3.23.